The molecule has 0 fully saturated rings. The molecule has 18 heavy (non-hydrogen) atoms. The van der Waals surface area contributed by atoms with Gasteiger partial charge in [-0.15, -0.1) is 5.10 Å². The van der Waals surface area contributed by atoms with Crippen molar-refractivity contribution < 1.29 is 0 Å². The topological polar surface area (TPSA) is 60.0 Å². The average Bonchev–Trinajstić information content (AvgIpc) is 2.95. The zero-order valence-corrected chi connectivity index (χ0v) is 10.5. The second kappa shape index (κ2) is 4.30. The molecule has 0 unspecified atom stereocenters. The van der Waals surface area contributed by atoms with Crippen molar-refractivity contribution >= 4 is 28.9 Å². The maximum Gasteiger partial charge on any atom is 0.247 e. The van der Waals surface area contributed by atoms with Crippen LogP contribution in [0.2, 0.25) is 5.02 Å². The van der Waals surface area contributed by atoms with Crippen molar-refractivity contribution in [3.05, 3.63) is 35.7 Å². The molecule has 0 spiro atoms. The maximum atomic E-state index is 5.89. The molecule has 3 rings (SSSR count). The van der Waals surface area contributed by atoms with Crippen molar-refractivity contribution in [2.24, 2.45) is 0 Å². The number of fused-ring (bicyclic) bond motifs is 1. The highest BCUT2D eigenvalue weighted by molar-refractivity contribution is 6.30. The number of aryl methyl sites for hydroxylation is 1. The Kier molecular flexibility index (Phi) is 2.64. The van der Waals surface area contributed by atoms with Gasteiger partial charge in [0.25, 0.3) is 0 Å². The standard InChI is InChI=1S/C11H11ClN6/c1-2-17-7-9(5-13-17)14-11-15-10-4-3-8(12)6-18(10)16-11/h3-7H,2H2,1H3,(H,14,16). The van der Waals surface area contributed by atoms with E-state index < -0.39 is 0 Å². The van der Waals surface area contributed by atoms with Crippen LogP contribution in [0.4, 0.5) is 11.6 Å². The lowest BCUT2D eigenvalue weighted by molar-refractivity contribution is 0.660. The molecule has 0 aliphatic rings. The summed E-state index contributed by atoms with van der Waals surface area (Å²) < 4.78 is 3.46. The molecule has 6 nitrogen and oxygen atoms in total. The number of nitrogens with zero attached hydrogens (tertiary/aromatic N) is 5. The largest absolute Gasteiger partial charge is 0.320 e. The fourth-order valence-corrected chi connectivity index (χ4v) is 1.80. The van der Waals surface area contributed by atoms with E-state index in [0.717, 1.165) is 17.9 Å². The van der Waals surface area contributed by atoms with E-state index in [1.54, 1.807) is 23.0 Å². The molecule has 7 heteroatoms. The summed E-state index contributed by atoms with van der Waals surface area (Å²) in [6.07, 6.45) is 5.35. The molecule has 3 aromatic heterocycles. The highest BCUT2D eigenvalue weighted by Gasteiger charge is 2.05. The average molecular weight is 263 g/mol. The van der Waals surface area contributed by atoms with Crippen LogP contribution in [0.1, 0.15) is 6.92 Å². The van der Waals surface area contributed by atoms with Gasteiger partial charge in [-0.3, -0.25) is 4.68 Å². The van der Waals surface area contributed by atoms with Gasteiger partial charge in [0.15, 0.2) is 5.65 Å². The fourth-order valence-electron chi connectivity index (χ4n) is 1.64. The van der Waals surface area contributed by atoms with E-state index in [1.807, 2.05) is 23.9 Å². The Balaban J connectivity index is 1.90. The first-order chi connectivity index (χ1) is 8.74. The Bertz CT molecular complexity index is 686. The lowest BCUT2D eigenvalue weighted by Gasteiger charge is -1.95. The van der Waals surface area contributed by atoms with Crippen LogP contribution in [0.25, 0.3) is 5.65 Å². The smallest absolute Gasteiger partial charge is 0.247 e. The van der Waals surface area contributed by atoms with Gasteiger partial charge < -0.3 is 5.32 Å². The van der Waals surface area contributed by atoms with Crippen molar-refractivity contribution in [3.8, 4) is 0 Å². The number of halogens is 1. The maximum absolute atomic E-state index is 5.89. The lowest BCUT2D eigenvalue weighted by atomic mass is 10.5. The SMILES string of the molecule is CCn1cc(Nc2nc3ccc(Cl)cn3n2)cn1. The first-order valence-electron chi connectivity index (χ1n) is 5.56. The zero-order valence-electron chi connectivity index (χ0n) is 9.71. The second-order valence-electron chi connectivity index (χ2n) is 3.80. The van der Waals surface area contributed by atoms with Crippen LogP contribution >= 0.6 is 11.6 Å². The molecule has 0 aliphatic heterocycles. The molecule has 0 saturated carbocycles. The Hall–Kier alpha value is -2.08. The molecule has 0 aromatic carbocycles. The van der Waals surface area contributed by atoms with E-state index in [2.05, 4.69) is 20.5 Å². The third-order valence-corrected chi connectivity index (χ3v) is 2.73. The van der Waals surface area contributed by atoms with Crippen LogP contribution in [0.3, 0.4) is 0 Å². The third kappa shape index (κ3) is 2.02. The van der Waals surface area contributed by atoms with Crippen LogP contribution in [0.15, 0.2) is 30.7 Å². The van der Waals surface area contributed by atoms with Crippen LogP contribution in [-0.4, -0.2) is 24.4 Å². The van der Waals surface area contributed by atoms with Crippen LogP contribution in [0, 0.1) is 0 Å². The quantitative estimate of drug-likeness (QED) is 0.787. The van der Waals surface area contributed by atoms with Crippen molar-refractivity contribution in [2.75, 3.05) is 5.32 Å². The number of hydrogen-bond acceptors (Lipinski definition) is 4. The first kappa shape index (κ1) is 11.0. The number of anilines is 2. The first-order valence-corrected chi connectivity index (χ1v) is 5.94. The van der Waals surface area contributed by atoms with E-state index in [4.69, 9.17) is 11.6 Å². The molecule has 0 bridgehead atoms. The van der Waals surface area contributed by atoms with Gasteiger partial charge in [-0.2, -0.15) is 10.1 Å². The molecule has 92 valence electrons. The van der Waals surface area contributed by atoms with Gasteiger partial charge in [0.2, 0.25) is 5.95 Å². The summed E-state index contributed by atoms with van der Waals surface area (Å²) in [6.45, 7) is 2.86. The molecule has 3 aromatic rings. The summed E-state index contributed by atoms with van der Waals surface area (Å²) in [5, 5.41) is 12.2. The molecule has 0 atom stereocenters. The van der Waals surface area contributed by atoms with Crippen molar-refractivity contribution in [2.45, 2.75) is 13.5 Å². The monoisotopic (exact) mass is 262 g/mol. The van der Waals surface area contributed by atoms with Gasteiger partial charge in [0.1, 0.15) is 0 Å². The Labute approximate surface area is 108 Å². The van der Waals surface area contributed by atoms with Crippen molar-refractivity contribution in [1.29, 1.82) is 0 Å². The summed E-state index contributed by atoms with van der Waals surface area (Å²) >= 11 is 5.89. The van der Waals surface area contributed by atoms with Crippen molar-refractivity contribution in [1.82, 2.24) is 24.4 Å². The lowest BCUT2D eigenvalue weighted by Crippen LogP contribution is -1.94. The van der Waals surface area contributed by atoms with Crippen molar-refractivity contribution in [3.63, 3.8) is 0 Å². The van der Waals surface area contributed by atoms with E-state index in [-0.39, 0.29) is 0 Å². The predicted octanol–water partition coefficient (Wildman–Crippen LogP) is 2.34. The summed E-state index contributed by atoms with van der Waals surface area (Å²) in [4.78, 5) is 4.33. The molecule has 0 saturated heterocycles. The minimum absolute atomic E-state index is 0.521. The molecule has 0 radical (unpaired) electrons. The third-order valence-electron chi connectivity index (χ3n) is 2.51. The Morgan fingerprint density at radius 1 is 1.33 bits per heavy atom. The summed E-state index contributed by atoms with van der Waals surface area (Å²) in [5.41, 5.74) is 1.60. The second-order valence-corrected chi connectivity index (χ2v) is 4.23. The highest BCUT2D eigenvalue weighted by atomic mass is 35.5. The molecule has 0 aliphatic carbocycles. The van der Waals surface area contributed by atoms with Gasteiger partial charge in [0, 0.05) is 18.9 Å². The number of pyridine rings is 1. The Morgan fingerprint density at radius 3 is 3.00 bits per heavy atom. The molecular formula is C11H11ClN6. The van der Waals surface area contributed by atoms with Gasteiger partial charge in [-0.05, 0) is 19.1 Å². The van der Waals surface area contributed by atoms with Crippen LogP contribution in [-0.2, 0) is 6.54 Å². The normalized spacial score (nSPS) is 11.0. The highest BCUT2D eigenvalue weighted by Crippen LogP contribution is 2.15. The van der Waals surface area contributed by atoms with E-state index in [0.29, 0.717) is 11.0 Å². The number of rotatable bonds is 3. The minimum atomic E-state index is 0.521. The summed E-state index contributed by atoms with van der Waals surface area (Å²) in [7, 11) is 0. The number of nitrogens with one attached hydrogen (secondary N) is 1. The van der Waals surface area contributed by atoms with E-state index >= 15 is 0 Å². The Morgan fingerprint density at radius 2 is 2.22 bits per heavy atom. The molecule has 0 amide bonds. The van der Waals surface area contributed by atoms with Gasteiger partial charge in [0.05, 0.1) is 16.9 Å². The van der Waals surface area contributed by atoms with Crippen LogP contribution in [0.5, 0.6) is 0 Å². The predicted molar refractivity (Wildman–Crippen MR) is 69.2 cm³/mol. The van der Waals surface area contributed by atoms with E-state index in [9.17, 15) is 0 Å². The van der Waals surface area contributed by atoms with Gasteiger partial charge >= 0.3 is 0 Å². The summed E-state index contributed by atoms with van der Waals surface area (Å²) in [6, 6.07) is 3.60. The minimum Gasteiger partial charge on any atom is -0.320 e. The van der Waals surface area contributed by atoms with Crippen LogP contribution < -0.4 is 5.32 Å². The molecular weight excluding hydrogens is 252 g/mol. The van der Waals surface area contributed by atoms with Gasteiger partial charge in [-0.1, -0.05) is 11.6 Å². The molecule has 3 heterocycles. The number of hydrogen-bond donors (Lipinski definition) is 1. The van der Waals surface area contributed by atoms with E-state index in [1.165, 1.54) is 0 Å². The fraction of sp³-hybridized carbons (Fsp3) is 0.182. The molecule has 1 N–H and O–H groups in total. The summed E-state index contributed by atoms with van der Waals surface area (Å²) in [5.74, 6) is 0.521. The zero-order chi connectivity index (χ0) is 12.5. The number of aromatic nitrogens is 5. The van der Waals surface area contributed by atoms with Gasteiger partial charge in [-0.25, -0.2) is 4.52 Å².